The van der Waals surface area contributed by atoms with Gasteiger partial charge in [0, 0.05) is 12.1 Å². The molecule has 3 nitrogen and oxygen atoms in total. The van der Waals surface area contributed by atoms with Gasteiger partial charge in [-0.05, 0) is 45.0 Å². The Morgan fingerprint density at radius 1 is 1.29 bits per heavy atom. The lowest BCUT2D eigenvalue weighted by Crippen LogP contribution is -2.32. The monoisotopic (exact) mass is 234 g/mol. The van der Waals surface area contributed by atoms with Gasteiger partial charge in [-0.15, -0.1) is 0 Å². The van der Waals surface area contributed by atoms with Gasteiger partial charge in [-0.2, -0.15) is 0 Å². The SMILES string of the molecule is CNCC(C)CNC(=O)c1ccc(C)cc1C. The second kappa shape index (κ2) is 6.40. The number of carbonyl (C=O) groups excluding carboxylic acids is 1. The fourth-order valence-electron chi connectivity index (χ4n) is 1.85. The summed E-state index contributed by atoms with van der Waals surface area (Å²) in [4.78, 5) is 12.0. The zero-order valence-corrected chi connectivity index (χ0v) is 11.1. The summed E-state index contributed by atoms with van der Waals surface area (Å²) in [6.07, 6.45) is 0. The summed E-state index contributed by atoms with van der Waals surface area (Å²) in [5.74, 6) is 0.458. The summed E-state index contributed by atoms with van der Waals surface area (Å²) in [5, 5.41) is 6.06. The maximum Gasteiger partial charge on any atom is 0.251 e. The Labute approximate surface area is 104 Å². The zero-order valence-electron chi connectivity index (χ0n) is 11.1. The molecular formula is C14H22N2O. The molecule has 0 fully saturated rings. The van der Waals surface area contributed by atoms with Crippen LogP contribution in [-0.4, -0.2) is 26.0 Å². The summed E-state index contributed by atoms with van der Waals surface area (Å²) in [7, 11) is 1.92. The van der Waals surface area contributed by atoms with Crippen molar-refractivity contribution >= 4 is 5.91 Å². The van der Waals surface area contributed by atoms with Crippen LogP contribution < -0.4 is 10.6 Å². The third-order valence-electron chi connectivity index (χ3n) is 2.79. The Morgan fingerprint density at radius 3 is 2.59 bits per heavy atom. The minimum absolute atomic E-state index is 0.0189. The molecule has 0 radical (unpaired) electrons. The van der Waals surface area contributed by atoms with Crippen molar-refractivity contribution in [3.63, 3.8) is 0 Å². The molecule has 0 aromatic heterocycles. The van der Waals surface area contributed by atoms with Crippen LogP contribution in [-0.2, 0) is 0 Å². The fourth-order valence-corrected chi connectivity index (χ4v) is 1.85. The van der Waals surface area contributed by atoms with Gasteiger partial charge in [0.2, 0.25) is 0 Å². The molecular weight excluding hydrogens is 212 g/mol. The lowest BCUT2D eigenvalue weighted by Gasteiger charge is -2.13. The molecule has 1 amide bonds. The van der Waals surface area contributed by atoms with Crippen molar-refractivity contribution in [3.05, 3.63) is 34.9 Å². The highest BCUT2D eigenvalue weighted by molar-refractivity contribution is 5.95. The molecule has 0 heterocycles. The molecule has 0 aliphatic heterocycles. The average Bonchev–Trinajstić information content (AvgIpc) is 2.26. The summed E-state index contributed by atoms with van der Waals surface area (Å²) >= 11 is 0. The predicted octanol–water partition coefficient (Wildman–Crippen LogP) is 1.89. The van der Waals surface area contributed by atoms with E-state index in [0.717, 1.165) is 17.7 Å². The topological polar surface area (TPSA) is 41.1 Å². The van der Waals surface area contributed by atoms with E-state index in [0.29, 0.717) is 12.5 Å². The first kappa shape index (κ1) is 13.7. The van der Waals surface area contributed by atoms with Crippen LogP contribution in [0.4, 0.5) is 0 Å². The normalized spacial score (nSPS) is 12.2. The van der Waals surface area contributed by atoms with Crippen LogP contribution in [0.3, 0.4) is 0 Å². The lowest BCUT2D eigenvalue weighted by molar-refractivity contribution is 0.0947. The van der Waals surface area contributed by atoms with Gasteiger partial charge < -0.3 is 10.6 Å². The van der Waals surface area contributed by atoms with Crippen molar-refractivity contribution in [1.29, 1.82) is 0 Å². The van der Waals surface area contributed by atoms with E-state index < -0.39 is 0 Å². The second-order valence-corrected chi connectivity index (χ2v) is 4.69. The molecule has 1 aromatic rings. The van der Waals surface area contributed by atoms with Crippen LogP contribution in [0, 0.1) is 19.8 Å². The number of benzene rings is 1. The molecule has 1 atom stereocenters. The molecule has 1 aromatic carbocycles. The predicted molar refractivity (Wildman–Crippen MR) is 71.3 cm³/mol. The van der Waals surface area contributed by atoms with Crippen molar-refractivity contribution < 1.29 is 4.79 Å². The number of nitrogens with one attached hydrogen (secondary N) is 2. The van der Waals surface area contributed by atoms with E-state index >= 15 is 0 Å². The lowest BCUT2D eigenvalue weighted by atomic mass is 10.0. The molecule has 1 rings (SSSR count). The summed E-state index contributed by atoms with van der Waals surface area (Å²) < 4.78 is 0. The van der Waals surface area contributed by atoms with Crippen molar-refractivity contribution in [1.82, 2.24) is 10.6 Å². The first-order valence-electron chi connectivity index (χ1n) is 6.04. The van der Waals surface area contributed by atoms with E-state index in [1.165, 1.54) is 5.56 Å². The van der Waals surface area contributed by atoms with Gasteiger partial charge in [0.25, 0.3) is 5.91 Å². The van der Waals surface area contributed by atoms with E-state index in [1.54, 1.807) is 0 Å². The fraction of sp³-hybridized carbons (Fsp3) is 0.500. The molecule has 17 heavy (non-hydrogen) atoms. The Bertz CT molecular complexity index is 388. The average molecular weight is 234 g/mol. The highest BCUT2D eigenvalue weighted by atomic mass is 16.1. The number of amides is 1. The number of hydrogen-bond donors (Lipinski definition) is 2. The first-order valence-corrected chi connectivity index (χ1v) is 6.04. The largest absolute Gasteiger partial charge is 0.352 e. The Morgan fingerprint density at radius 2 is 2.00 bits per heavy atom. The number of rotatable bonds is 5. The van der Waals surface area contributed by atoms with Crippen molar-refractivity contribution in [2.45, 2.75) is 20.8 Å². The molecule has 2 N–H and O–H groups in total. The van der Waals surface area contributed by atoms with Crippen LogP contribution in [0.1, 0.15) is 28.4 Å². The van der Waals surface area contributed by atoms with Crippen LogP contribution >= 0.6 is 0 Å². The summed E-state index contributed by atoms with van der Waals surface area (Å²) in [6, 6.07) is 5.90. The van der Waals surface area contributed by atoms with E-state index in [4.69, 9.17) is 0 Å². The summed E-state index contributed by atoms with van der Waals surface area (Å²) in [5.41, 5.74) is 2.98. The van der Waals surface area contributed by atoms with Crippen molar-refractivity contribution in [3.8, 4) is 0 Å². The van der Waals surface area contributed by atoms with Gasteiger partial charge in [0.15, 0.2) is 0 Å². The smallest absolute Gasteiger partial charge is 0.251 e. The summed E-state index contributed by atoms with van der Waals surface area (Å²) in [6.45, 7) is 7.72. The van der Waals surface area contributed by atoms with Gasteiger partial charge in [0.05, 0.1) is 0 Å². The zero-order chi connectivity index (χ0) is 12.8. The van der Waals surface area contributed by atoms with Gasteiger partial charge in [-0.3, -0.25) is 4.79 Å². The Balaban J connectivity index is 2.58. The standard InChI is InChI=1S/C14H22N2O/c1-10-5-6-13(12(3)7-10)14(17)16-9-11(2)8-15-4/h5-7,11,15H,8-9H2,1-4H3,(H,16,17). The number of aryl methyl sites for hydroxylation is 2. The maximum absolute atomic E-state index is 12.0. The van der Waals surface area contributed by atoms with E-state index in [1.807, 2.05) is 39.1 Å². The van der Waals surface area contributed by atoms with Crippen LogP contribution in [0.15, 0.2) is 18.2 Å². The minimum atomic E-state index is 0.0189. The molecule has 94 valence electrons. The third kappa shape index (κ3) is 4.19. The Hall–Kier alpha value is -1.35. The van der Waals surface area contributed by atoms with Crippen LogP contribution in [0.2, 0.25) is 0 Å². The van der Waals surface area contributed by atoms with Crippen molar-refractivity contribution in [2.24, 2.45) is 5.92 Å². The van der Waals surface area contributed by atoms with E-state index in [-0.39, 0.29) is 5.91 Å². The van der Waals surface area contributed by atoms with E-state index in [2.05, 4.69) is 17.6 Å². The quantitative estimate of drug-likeness (QED) is 0.817. The number of carbonyl (C=O) groups is 1. The molecule has 0 spiro atoms. The van der Waals surface area contributed by atoms with Crippen molar-refractivity contribution in [2.75, 3.05) is 20.1 Å². The van der Waals surface area contributed by atoms with E-state index in [9.17, 15) is 4.79 Å². The molecule has 0 saturated heterocycles. The number of hydrogen-bond acceptors (Lipinski definition) is 2. The van der Waals surface area contributed by atoms with Gasteiger partial charge >= 0.3 is 0 Å². The molecule has 1 unspecified atom stereocenters. The van der Waals surface area contributed by atoms with Gasteiger partial charge in [-0.1, -0.05) is 24.6 Å². The molecule has 0 bridgehead atoms. The highest BCUT2D eigenvalue weighted by Gasteiger charge is 2.09. The second-order valence-electron chi connectivity index (χ2n) is 4.69. The highest BCUT2D eigenvalue weighted by Crippen LogP contribution is 2.10. The first-order chi connectivity index (χ1) is 8.04. The molecule has 0 saturated carbocycles. The van der Waals surface area contributed by atoms with Crippen LogP contribution in [0.5, 0.6) is 0 Å². The third-order valence-corrected chi connectivity index (χ3v) is 2.79. The Kier molecular flexibility index (Phi) is 5.16. The van der Waals surface area contributed by atoms with Gasteiger partial charge in [-0.25, -0.2) is 0 Å². The molecule has 0 aliphatic rings. The van der Waals surface area contributed by atoms with Gasteiger partial charge in [0.1, 0.15) is 0 Å². The van der Waals surface area contributed by atoms with Crippen LogP contribution in [0.25, 0.3) is 0 Å². The maximum atomic E-state index is 12.0. The molecule has 3 heteroatoms. The minimum Gasteiger partial charge on any atom is -0.352 e. The molecule has 0 aliphatic carbocycles.